The maximum absolute atomic E-state index is 13.1. The van der Waals surface area contributed by atoms with E-state index in [9.17, 15) is 15.0 Å². The van der Waals surface area contributed by atoms with Crippen LogP contribution in [0.4, 0.5) is 0 Å². The van der Waals surface area contributed by atoms with Gasteiger partial charge in [0.25, 0.3) is 0 Å². The first kappa shape index (κ1) is 20.5. The third kappa shape index (κ3) is 4.68. The molecule has 5 heteroatoms. The molecule has 30 heavy (non-hydrogen) atoms. The van der Waals surface area contributed by atoms with E-state index < -0.39 is 6.10 Å². The molecule has 158 valence electrons. The van der Waals surface area contributed by atoms with Crippen LogP contribution in [0.3, 0.4) is 0 Å². The van der Waals surface area contributed by atoms with Crippen LogP contribution in [-0.2, 0) is 6.42 Å². The van der Waals surface area contributed by atoms with Gasteiger partial charge in [-0.05, 0) is 61.4 Å². The van der Waals surface area contributed by atoms with Crippen LogP contribution in [0.1, 0.15) is 55.8 Å². The number of ether oxygens (including phenoxy) is 1. The number of phenolic OH excluding ortho intramolecular Hbond substituents is 1. The molecule has 0 amide bonds. The topological polar surface area (TPSA) is 79.9 Å². The molecule has 1 atom stereocenters. The maximum atomic E-state index is 13.1. The highest BCUT2D eigenvalue weighted by Crippen LogP contribution is 2.28. The molecule has 0 saturated heterocycles. The van der Waals surface area contributed by atoms with Crippen molar-refractivity contribution in [2.45, 2.75) is 51.0 Å². The van der Waals surface area contributed by atoms with Crippen LogP contribution in [0.15, 0.2) is 57.9 Å². The Bertz CT molecular complexity index is 1030. The van der Waals surface area contributed by atoms with Gasteiger partial charge in [-0.2, -0.15) is 0 Å². The number of aliphatic hydroxyl groups excluding tert-OH is 1. The molecule has 1 unspecified atom stereocenters. The fraction of sp³-hybridized carbons (Fsp3) is 0.400. The standard InChI is InChI=1S/C25H28O5/c26-20-12-9-18(10-13-20)21(27)14-11-19-16-30-23-8-4-7-22(24(23)25(19)28)29-15-17-5-2-1-3-6-17/h4,7-10,12-13,16-17,21,26-27H,1-3,5-6,11,14-15H2. The van der Waals surface area contributed by atoms with E-state index in [1.807, 2.05) is 12.1 Å². The second-order valence-corrected chi connectivity index (χ2v) is 8.18. The first-order valence-corrected chi connectivity index (χ1v) is 10.7. The molecule has 1 aromatic heterocycles. The SMILES string of the molecule is O=c1c(CCC(O)c2ccc(O)cc2)coc2cccc(OCC3CCCCC3)c12. The highest BCUT2D eigenvalue weighted by molar-refractivity contribution is 5.83. The zero-order chi connectivity index (χ0) is 20.9. The van der Waals surface area contributed by atoms with E-state index in [1.165, 1.54) is 38.4 Å². The van der Waals surface area contributed by atoms with E-state index in [-0.39, 0.29) is 11.2 Å². The van der Waals surface area contributed by atoms with Crippen molar-refractivity contribution in [1.82, 2.24) is 0 Å². The number of aromatic hydroxyl groups is 1. The van der Waals surface area contributed by atoms with E-state index in [0.29, 0.717) is 53.2 Å². The third-order valence-electron chi connectivity index (χ3n) is 6.00. The Balaban J connectivity index is 1.50. The van der Waals surface area contributed by atoms with Crippen molar-refractivity contribution in [2.24, 2.45) is 5.92 Å². The Morgan fingerprint density at radius 2 is 1.83 bits per heavy atom. The van der Waals surface area contributed by atoms with Gasteiger partial charge in [-0.25, -0.2) is 0 Å². The summed E-state index contributed by atoms with van der Waals surface area (Å²) in [4.78, 5) is 13.1. The Morgan fingerprint density at radius 3 is 2.60 bits per heavy atom. The molecule has 1 heterocycles. The lowest BCUT2D eigenvalue weighted by molar-refractivity contribution is 0.167. The van der Waals surface area contributed by atoms with Crippen LogP contribution >= 0.6 is 0 Å². The van der Waals surface area contributed by atoms with Crippen molar-refractivity contribution in [2.75, 3.05) is 6.61 Å². The summed E-state index contributed by atoms with van der Waals surface area (Å²) >= 11 is 0. The maximum Gasteiger partial charge on any atom is 0.199 e. The van der Waals surface area contributed by atoms with Crippen molar-refractivity contribution in [1.29, 1.82) is 0 Å². The molecule has 1 aliphatic carbocycles. The van der Waals surface area contributed by atoms with Gasteiger partial charge in [0.2, 0.25) is 0 Å². The van der Waals surface area contributed by atoms with E-state index in [4.69, 9.17) is 9.15 Å². The number of hydrogen-bond donors (Lipinski definition) is 2. The number of fused-ring (bicyclic) bond motifs is 1. The lowest BCUT2D eigenvalue weighted by Crippen LogP contribution is -2.17. The smallest absolute Gasteiger partial charge is 0.199 e. The molecule has 1 aliphatic rings. The molecule has 4 rings (SSSR count). The van der Waals surface area contributed by atoms with E-state index in [1.54, 1.807) is 30.3 Å². The van der Waals surface area contributed by atoms with E-state index in [2.05, 4.69) is 0 Å². The van der Waals surface area contributed by atoms with Crippen molar-refractivity contribution in [3.05, 3.63) is 70.1 Å². The van der Waals surface area contributed by atoms with Crippen molar-refractivity contribution < 1.29 is 19.4 Å². The Morgan fingerprint density at radius 1 is 1.07 bits per heavy atom. The Labute approximate surface area is 175 Å². The number of phenols is 1. The minimum atomic E-state index is -0.724. The minimum Gasteiger partial charge on any atom is -0.508 e. The zero-order valence-corrected chi connectivity index (χ0v) is 17.0. The van der Waals surface area contributed by atoms with Crippen LogP contribution in [0.2, 0.25) is 0 Å². The zero-order valence-electron chi connectivity index (χ0n) is 17.0. The summed E-state index contributed by atoms with van der Waals surface area (Å²) in [6.45, 7) is 0.627. The number of aryl methyl sites for hydroxylation is 1. The number of rotatable bonds is 7. The third-order valence-corrected chi connectivity index (χ3v) is 6.00. The molecule has 0 aliphatic heterocycles. The summed E-state index contributed by atoms with van der Waals surface area (Å²) in [5, 5.41) is 20.3. The monoisotopic (exact) mass is 408 g/mol. The molecule has 2 N–H and O–H groups in total. The summed E-state index contributed by atoms with van der Waals surface area (Å²) in [7, 11) is 0. The molecule has 1 saturated carbocycles. The van der Waals surface area contributed by atoms with Gasteiger partial charge in [0.15, 0.2) is 5.43 Å². The molecule has 0 radical (unpaired) electrons. The molecule has 0 spiro atoms. The molecular weight excluding hydrogens is 380 g/mol. The first-order valence-electron chi connectivity index (χ1n) is 10.7. The average Bonchev–Trinajstić information content (AvgIpc) is 2.78. The molecular formula is C25H28O5. The predicted octanol–water partition coefficient (Wildman–Crippen LogP) is 5.12. The summed E-state index contributed by atoms with van der Waals surface area (Å²) in [5.41, 5.74) is 1.64. The summed E-state index contributed by atoms with van der Waals surface area (Å²) in [5.74, 6) is 1.28. The molecule has 0 bridgehead atoms. The summed E-state index contributed by atoms with van der Waals surface area (Å²) in [6, 6.07) is 11.9. The van der Waals surface area contributed by atoms with Crippen LogP contribution in [-0.4, -0.2) is 16.8 Å². The summed E-state index contributed by atoms with van der Waals surface area (Å²) in [6.07, 6.45) is 7.69. The molecule has 5 nitrogen and oxygen atoms in total. The largest absolute Gasteiger partial charge is 0.508 e. The predicted molar refractivity (Wildman–Crippen MR) is 116 cm³/mol. The van der Waals surface area contributed by atoms with Gasteiger partial charge in [-0.3, -0.25) is 4.79 Å². The van der Waals surface area contributed by atoms with Crippen molar-refractivity contribution in [3.8, 4) is 11.5 Å². The van der Waals surface area contributed by atoms with Gasteiger partial charge < -0.3 is 19.4 Å². The van der Waals surface area contributed by atoms with Crippen LogP contribution in [0.5, 0.6) is 11.5 Å². The van der Waals surface area contributed by atoms with Crippen LogP contribution in [0.25, 0.3) is 11.0 Å². The van der Waals surface area contributed by atoms with Gasteiger partial charge in [0, 0.05) is 5.56 Å². The normalized spacial score (nSPS) is 15.9. The quantitative estimate of drug-likeness (QED) is 0.567. The fourth-order valence-electron chi connectivity index (χ4n) is 4.19. The van der Waals surface area contributed by atoms with Crippen molar-refractivity contribution >= 4 is 11.0 Å². The van der Waals surface area contributed by atoms with E-state index >= 15 is 0 Å². The summed E-state index contributed by atoms with van der Waals surface area (Å²) < 4.78 is 11.8. The van der Waals surface area contributed by atoms with Gasteiger partial charge in [0.05, 0.1) is 19.0 Å². The van der Waals surface area contributed by atoms with E-state index in [0.717, 1.165) is 0 Å². The minimum absolute atomic E-state index is 0.103. The number of aliphatic hydroxyl groups is 1. The molecule has 1 fully saturated rings. The Kier molecular flexibility index (Phi) is 6.38. The van der Waals surface area contributed by atoms with Gasteiger partial charge >= 0.3 is 0 Å². The highest BCUT2D eigenvalue weighted by Gasteiger charge is 2.17. The number of benzene rings is 2. The van der Waals surface area contributed by atoms with Crippen molar-refractivity contribution in [3.63, 3.8) is 0 Å². The second-order valence-electron chi connectivity index (χ2n) is 8.18. The van der Waals surface area contributed by atoms with Crippen LogP contribution < -0.4 is 10.2 Å². The lowest BCUT2D eigenvalue weighted by Gasteiger charge is -2.22. The molecule has 3 aromatic rings. The lowest BCUT2D eigenvalue weighted by atomic mass is 9.90. The Hall–Kier alpha value is -2.79. The second kappa shape index (κ2) is 9.35. The average molecular weight is 408 g/mol. The van der Waals surface area contributed by atoms with Crippen LogP contribution in [0, 0.1) is 5.92 Å². The fourth-order valence-corrected chi connectivity index (χ4v) is 4.19. The first-order chi connectivity index (χ1) is 14.6. The van der Waals surface area contributed by atoms with Gasteiger partial charge in [0.1, 0.15) is 22.5 Å². The highest BCUT2D eigenvalue weighted by atomic mass is 16.5. The number of hydrogen-bond acceptors (Lipinski definition) is 5. The van der Waals surface area contributed by atoms with Gasteiger partial charge in [-0.1, -0.05) is 37.5 Å². The molecule has 2 aromatic carbocycles. The van der Waals surface area contributed by atoms with Gasteiger partial charge in [-0.15, -0.1) is 0 Å².